The molecule has 0 heterocycles. The molecule has 0 aliphatic rings. The van der Waals surface area contributed by atoms with Crippen LogP contribution >= 0.6 is 0 Å². The molecule has 125 valence electrons. The Morgan fingerprint density at radius 2 is 1.10 bits per heavy atom. The normalized spacial score (nSPS) is 13.1. The summed E-state index contributed by atoms with van der Waals surface area (Å²) in [5, 5.41) is 9.10. The Morgan fingerprint density at radius 3 is 1.57 bits per heavy atom. The molecule has 21 heavy (non-hydrogen) atoms. The number of aliphatic hydroxyl groups is 1. The first-order valence-electron chi connectivity index (χ1n) is 9.43. The Labute approximate surface area is 134 Å². The van der Waals surface area contributed by atoms with E-state index in [0.29, 0.717) is 0 Å². The molecule has 0 aromatic carbocycles. The van der Waals surface area contributed by atoms with E-state index in [-0.39, 0.29) is 6.10 Å². The summed E-state index contributed by atoms with van der Waals surface area (Å²) < 4.78 is 0. The highest BCUT2D eigenvalue weighted by molar-refractivity contribution is 4.81. The van der Waals surface area contributed by atoms with Crippen LogP contribution in [-0.4, -0.2) is 11.2 Å². The monoisotopic (exact) mass is 295 g/mol. The van der Waals surface area contributed by atoms with E-state index >= 15 is 0 Å². The van der Waals surface area contributed by atoms with Gasteiger partial charge in [-0.25, -0.2) is 0 Å². The van der Waals surface area contributed by atoms with E-state index in [4.69, 9.17) is 5.11 Å². The van der Waals surface area contributed by atoms with Crippen LogP contribution in [0.4, 0.5) is 0 Å². The van der Waals surface area contributed by atoms with Gasteiger partial charge in [-0.3, -0.25) is 0 Å². The van der Waals surface area contributed by atoms with E-state index in [9.17, 15) is 0 Å². The lowest BCUT2D eigenvalue weighted by Gasteiger charge is -2.03. The molecule has 0 aliphatic carbocycles. The standard InChI is InChI=1S/C20H39O/c1-3-4-5-6-7-8-9-10-11-12-13-14-15-16-17-18-19-20(2)21/h10-11,19-21H,3-9,12-18H2,1-2H3/b11-10-. The molecule has 1 radical (unpaired) electrons. The quantitative estimate of drug-likeness (QED) is 0.251. The minimum Gasteiger partial charge on any atom is -0.393 e. The molecule has 1 atom stereocenters. The van der Waals surface area contributed by atoms with Crippen LogP contribution in [0.2, 0.25) is 0 Å². The zero-order chi connectivity index (χ0) is 15.6. The van der Waals surface area contributed by atoms with Crippen LogP contribution in [0.25, 0.3) is 0 Å². The summed E-state index contributed by atoms with van der Waals surface area (Å²) >= 11 is 0. The molecule has 0 aliphatic heterocycles. The summed E-state index contributed by atoms with van der Waals surface area (Å²) in [4.78, 5) is 0. The van der Waals surface area contributed by atoms with E-state index < -0.39 is 0 Å². The van der Waals surface area contributed by atoms with Crippen LogP contribution in [-0.2, 0) is 0 Å². The van der Waals surface area contributed by atoms with Gasteiger partial charge in [0.25, 0.3) is 0 Å². The van der Waals surface area contributed by atoms with Crippen molar-refractivity contribution in [2.24, 2.45) is 0 Å². The lowest BCUT2D eigenvalue weighted by molar-refractivity contribution is 0.222. The van der Waals surface area contributed by atoms with Gasteiger partial charge in [0.05, 0.1) is 6.10 Å². The third kappa shape index (κ3) is 19.7. The third-order valence-electron chi connectivity index (χ3n) is 3.97. The molecule has 0 saturated heterocycles. The van der Waals surface area contributed by atoms with Gasteiger partial charge in [0, 0.05) is 0 Å². The molecular weight excluding hydrogens is 256 g/mol. The molecule has 0 spiro atoms. The maximum atomic E-state index is 9.10. The molecule has 0 rings (SSSR count). The zero-order valence-electron chi connectivity index (χ0n) is 14.7. The van der Waals surface area contributed by atoms with Gasteiger partial charge in [0.2, 0.25) is 0 Å². The highest BCUT2D eigenvalue weighted by Crippen LogP contribution is 2.10. The van der Waals surface area contributed by atoms with Crippen molar-refractivity contribution in [3.05, 3.63) is 18.6 Å². The average molecular weight is 296 g/mol. The van der Waals surface area contributed by atoms with Gasteiger partial charge < -0.3 is 5.11 Å². The van der Waals surface area contributed by atoms with Crippen molar-refractivity contribution in [2.45, 2.75) is 110 Å². The van der Waals surface area contributed by atoms with Gasteiger partial charge in [-0.05, 0) is 45.4 Å². The minimum absolute atomic E-state index is 0.234. The van der Waals surface area contributed by atoms with Crippen molar-refractivity contribution in [3.8, 4) is 0 Å². The van der Waals surface area contributed by atoms with Gasteiger partial charge in [-0.1, -0.05) is 76.9 Å². The fourth-order valence-corrected chi connectivity index (χ4v) is 2.57. The van der Waals surface area contributed by atoms with Crippen LogP contribution in [0.3, 0.4) is 0 Å². The van der Waals surface area contributed by atoms with Crippen LogP contribution < -0.4 is 0 Å². The predicted octanol–water partition coefficient (Wildman–Crippen LogP) is 6.61. The summed E-state index contributed by atoms with van der Waals surface area (Å²) in [6, 6.07) is 0. The number of allylic oxidation sites excluding steroid dienone is 2. The van der Waals surface area contributed by atoms with Crippen molar-refractivity contribution in [3.63, 3.8) is 0 Å². The molecule has 0 aromatic heterocycles. The lowest BCUT2D eigenvalue weighted by atomic mass is 10.1. The first-order valence-corrected chi connectivity index (χ1v) is 9.43. The topological polar surface area (TPSA) is 20.2 Å². The molecule has 1 heteroatoms. The molecule has 1 nitrogen and oxygen atoms in total. The van der Waals surface area contributed by atoms with Crippen molar-refractivity contribution < 1.29 is 5.11 Å². The number of rotatable bonds is 16. The molecule has 1 N–H and O–H groups in total. The first-order chi connectivity index (χ1) is 10.3. The van der Waals surface area contributed by atoms with Gasteiger partial charge in [0.1, 0.15) is 0 Å². The smallest absolute Gasteiger partial charge is 0.0543 e. The summed E-state index contributed by atoms with van der Waals surface area (Å²) in [6.07, 6.45) is 25.1. The fraction of sp³-hybridized carbons (Fsp3) is 0.850. The van der Waals surface area contributed by atoms with E-state index in [0.717, 1.165) is 6.42 Å². The largest absolute Gasteiger partial charge is 0.393 e. The Hall–Kier alpha value is -0.300. The summed E-state index contributed by atoms with van der Waals surface area (Å²) in [5.41, 5.74) is 0. The van der Waals surface area contributed by atoms with Gasteiger partial charge in [-0.15, -0.1) is 0 Å². The fourth-order valence-electron chi connectivity index (χ4n) is 2.57. The van der Waals surface area contributed by atoms with Crippen LogP contribution in [0.15, 0.2) is 12.2 Å². The molecule has 0 bridgehead atoms. The molecule has 0 amide bonds. The molecule has 1 unspecified atom stereocenters. The Balaban J connectivity index is 3.05. The maximum Gasteiger partial charge on any atom is 0.0543 e. The SMILES string of the molecule is CCCCCCCC/C=C\CCCCCCC[CH]C(C)O. The van der Waals surface area contributed by atoms with E-state index in [1.54, 1.807) is 0 Å². The van der Waals surface area contributed by atoms with Crippen molar-refractivity contribution >= 4 is 0 Å². The highest BCUT2D eigenvalue weighted by Gasteiger charge is 1.95. The summed E-state index contributed by atoms with van der Waals surface area (Å²) in [7, 11) is 0. The number of aliphatic hydroxyl groups excluding tert-OH is 1. The molecule has 0 aromatic rings. The van der Waals surface area contributed by atoms with Gasteiger partial charge in [-0.2, -0.15) is 0 Å². The third-order valence-corrected chi connectivity index (χ3v) is 3.97. The van der Waals surface area contributed by atoms with E-state index in [2.05, 4.69) is 19.1 Å². The second kappa shape index (κ2) is 17.8. The average Bonchev–Trinajstić information content (AvgIpc) is 2.46. The van der Waals surface area contributed by atoms with Crippen LogP contribution in [0.1, 0.15) is 104 Å². The Kier molecular flexibility index (Phi) is 17.5. The number of hydrogen-bond acceptors (Lipinski definition) is 1. The number of hydrogen-bond donors (Lipinski definition) is 1. The first kappa shape index (κ1) is 20.7. The van der Waals surface area contributed by atoms with Crippen molar-refractivity contribution in [2.75, 3.05) is 0 Å². The predicted molar refractivity (Wildman–Crippen MR) is 95.4 cm³/mol. The number of unbranched alkanes of at least 4 members (excludes halogenated alkanes) is 12. The zero-order valence-corrected chi connectivity index (χ0v) is 14.7. The summed E-state index contributed by atoms with van der Waals surface area (Å²) in [6.45, 7) is 4.11. The molecular formula is C20H39O. The van der Waals surface area contributed by atoms with Gasteiger partial charge in [0.15, 0.2) is 0 Å². The second-order valence-electron chi connectivity index (χ2n) is 6.35. The van der Waals surface area contributed by atoms with Crippen LogP contribution in [0.5, 0.6) is 0 Å². The second-order valence-corrected chi connectivity index (χ2v) is 6.35. The minimum atomic E-state index is -0.234. The van der Waals surface area contributed by atoms with Gasteiger partial charge >= 0.3 is 0 Å². The van der Waals surface area contributed by atoms with Crippen molar-refractivity contribution in [1.29, 1.82) is 0 Å². The molecule has 0 saturated carbocycles. The van der Waals surface area contributed by atoms with E-state index in [1.165, 1.54) is 83.5 Å². The Bertz CT molecular complexity index is 208. The maximum absolute atomic E-state index is 9.10. The lowest BCUT2D eigenvalue weighted by Crippen LogP contribution is -1.99. The van der Waals surface area contributed by atoms with Crippen LogP contribution in [0, 0.1) is 6.42 Å². The Morgan fingerprint density at radius 1 is 0.667 bits per heavy atom. The van der Waals surface area contributed by atoms with Crippen molar-refractivity contribution in [1.82, 2.24) is 0 Å². The summed E-state index contributed by atoms with van der Waals surface area (Å²) in [5.74, 6) is 0. The highest BCUT2D eigenvalue weighted by atomic mass is 16.3. The van der Waals surface area contributed by atoms with E-state index in [1.807, 2.05) is 13.3 Å². The molecule has 0 fully saturated rings.